The van der Waals surface area contributed by atoms with Crippen molar-refractivity contribution in [3.8, 4) is 11.1 Å². The van der Waals surface area contributed by atoms with Gasteiger partial charge in [0.1, 0.15) is 0 Å². The second-order valence-electron chi connectivity index (χ2n) is 9.87. The summed E-state index contributed by atoms with van der Waals surface area (Å²) >= 11 is -1.87. The van der Waals surface area contributed by atoms with E-state index in [9.17, 15) is 8.76 Å². The van der Waals surface area contributed by atoms with Crippen LogP contribution in [0.1, 0.15) is 53.3 Å². The number of hydrogen-bond donors (Lipinski definition) is 1. The van der Waals surface area contributed by atoms with Gasteiger partial charge in [0.2, 0.25) is 0 Å². The lowest BCUT2D eigenvalue weighted by Crippen LogP contribution is -1.96. The van der Waals surface area contributed by atoms with Crippen LogP contribution in [0.4, 0.5) is 0 Å². The fourth-order valence-corrected chi connectivity index (χ4v) is 5.06. The van der Waals surface area contributed by atoms with Crippen LogP contribution >= 0.6 is 0 Å². The molecule has 0 aliphatic carbocycles. The van der Waals surface area contributed by atoms with E-state index in [1.165, 1.54) is 5.56 Å². The quantitative estimate of drug-likeness (QED) is 0.175. The van der Waals surface area contributed by atoms with Crippen LogP contribution in [0, 0.1) is 6.92 Å². The van der Waals surface area contributed by atoms with Crippen LogP contribution in [0.2, 0.25) is 0 Å². The smallest absolute Gasteiger partial charge is 0.157 e. The zero-order valence-corrected chi connectivity index (χ0v) is 22.6. The Hall–Kier alpha value is -3.93. The maximum absolute atomic E-state index is 11.3. The predicted octanol–water partition coefficient (Wildman–Crippen LogP) is 8.04. The zero-order valence-electron chi connectivity index (χ0n) is 21.8. The number of hydrogen-bond acceptors (Lipinski definition) is 3. The molecule has 190 valence electrons. The number of rotatable bonds is 7. The van der Waals surface area contributed by atoms with Crippen LogP contribution in [-0.2, 0) is 16.8 Å². The van der Waals surface area contributed by atoms with Crippen molar-refractivity contribution in [1.82, 2.24) is 9.97 Å². The van der Waals surface area contributed by atoms with Gasteiger partial charge in [-0.15, -0.1) is 0 Å². The molecule has 38 heavy (non-hydrogen) atoms. The highest BCUT2D eigenvalue weighted by molar-refractivity contribution is 7.78. The summed E-state index contributed by atoms with van der Waals surface area (Å²) in [6.45, 7) is 6.45. The molecule has 0 aliphatic heterocycles. The van der Waals surface area contributed by atoms with Crippen LogP contribution in [0.15, 0.2) is 97.3 Å². The molecule has 1 unspecified atom stereocenters. The van der Waals surface area contributed by atoms with Crippen molar-refractivity contribution < 1.29 is 8.76 Å². The third-order valence-electron chi connectivity index (χ3n) is 6.64. The first-order valence-corrected chi connectivity index (χ1v) is 14.0. The number of fused-ring (bicyclic) bond motifs is 1. The monoisotopic (exact) mass is 518 g/mol. The average molecular weight is 519 g/mol. The van der Waals surface area contributed by atoms with E-state index in [-0.39, 0.29) is 5.75 Å². The minimum Gasteiger partial charge on any atom is -0.306 e. The summed E-state index contributed by atoms with van der Waals surface area (Å²) < 4.78 is 20.5. The summed E-state index contributed by atoms with van der Waals surface area (Å²) in [6, 6.07) is 29.0. The first-order valence-electron chi connectivity index (χ1n) is 12.7. The molecule has 5 aromatic rings. The van der Waals surface area contributed by atoms with Gasteiger partial charge in [0.15, 0.2) is 11.1 Å². The standard InChI is InChI=1S/C33H30N2O2S/c1-22(2)29-18-28-8-5-15-34-33(28)31(19-29)27-7-4-6-25(16-27)17-30(32-14-9-23(3)20-35-32)26-12-10-24(11-13-26)21-38(36)37/h4-20,22H,21H2,1-3H3,(H,36,37)/b30-17-. The molecule has 3 aromatic carbocycles. The van der Waals surface area contributed by atoms with Crippen LogP contribution < -0.4 is 0 Å². The summed E-state index contributed by atoms with van der Waals surface area (Å²) in [5.74, 6) is 0.522. The van der Waals surface area contributed by atoms with E-state index >= 15 is 0 Å². The molecular weight excluding hydrogens is 488 g/mol. The van der Waals surface area contributed by atoms with Crippen molar-refractivity contribution in [2.45, 2.75) is 32.4 Å². The zero-order chi connectivity index (χ0) is 26.6. The molecule has 1 N–H and O–H groups in total. The fraction of sp³-hybridized carbons (Fsp3) is 0.152. The Kier molecular flexibility index (Phi) is 7.59. The van der Waals surface area contributed by atoms with Gasteiger partial charge in [0.05, 0.1) is 17.0 Å². The van der Waals surface area contributed by atoms with E-state index in [1.54, 1.807) is 0 Å². The number of aryl methyl sites for hydroxylation is 1. The predicted molar refractivity (Wildman–Crippen MR) is 158 cm³/mol. The molecule has 0 aliphatic rings. The fourth-order valence-electron chi connectivity index (χ4n) is 4.59. The van der Waals surface area contributed by atoms with Crippen LogP contribution in [0.25, 0.3) is 33.7 Å². The lowest BCUT2D eigenvalue weighted by molar-refractivity contribution is 0.563. The lowest BCUT2D eigenvalue weighted by Gasteiger charge is -2.13. The Morgan fingerprint density at radius 2 is 1.76 bits per heavy atom. The summed E-state index contributed by atoms with van der Waals surface area (Å²) in [7, 11) is 0. The SMILES string of the molecule is Cc1ccc(/C(=C\c2cccc(-c3cc(C(C)C)cc4cccnc34)c2)c2ccc(CS(=O)O)cc2)nc1. The van der Waals surface area contributed by atoms with E-state index in [2.05, 4.69) is 68.5 Å². The normalized spacial score (nSPS) is 12.7. The summed E-state index contributed by atoms with van der Waals surface area (Å²) in [5.41, 5.74) is 10.3. The molecule has 2 heterocycles. The first-order chi connectivity index (χ1) is 18.4. The van der Waals surface area contributed by atoms with Gasteiger partial charge in [-0.05, 0) is 82.6 Å². The van der Waals surface area contributed by atoms with Gasteiger partial charge >= 0.3 is 0 Å². The third-order valence-corrected chi connectivity index (χ3v) is 7.23. The van der Waals surface area contributed by atoms with Crippen molar-refractivity contribution in [3.63, 3.8) is 0 Å². The van der Waals surface area contributed by atoms with Crippen molar-refractivity contribution >= 4 is 33.6 Å². The minimum absolute atomic E-state index is 0.113. The Balaban J connectivity index is 1.62. The topological polar surface area (TPSA) is 63.1 Å². The number of pyridine rings is 2. The second-order valence-corrected chi connectivity index (χ2v) is 10.8. The highest BCUT2D eigenvalue weighted by atomic mass is 32.2. The number of nitrogens with zero attached hydrogens (tertiary/aromatic N) is 2. The number of benzene rings is 3. The van der Waals surface area contributed by atoms with Gasteiger partial charge in [0.25, 0.3) is 0 Å². The molecule has 0 bridgehead atoms. The molecule has 0 amide bonds. The van der Waals surface area contributed by atoms with Crippen LogP contribution in [0.5, 0.6) is 0 Å². The Labute approximate surface area is 226 Å². The summed E-state index contributed by atoms with van der Waals surface area (Å²) in [6.07, 6.45) is 5.88. The largest absolute Gasteiger partial charge is 0.306 e. The van der Waals surface area contributed by atoms with Gasteiger partial charge < -0.3 is 4.55 Å². The van der Waals surface area contributed by atoms with Crippen molar-refractivity contribution in [2.75, 3.05) is 0 Å². The second kappa shape index (κ2) is 11.2. The lowest BCUT2D eigenvalue weighted by atomic mass is 9.92. The van der Waals surface area contributed by atoms with Gasteiger partial charge in [-0.25, -0.2) is 4.21 Å². The van der Waals surface area contributed by atoms with Crippen molar-refractivity contribution in [1.29, 1.82) is 0 Å². The summed E-state index contributed by atoms with van der Waals surface area (Å²) in [4.78, 5) is 9.42. The molecule has 0 fully saturated rings. The van der Waals surface area contributed by atoms with E-state index in [0.29, 0.717) is 5.92 Å². The van der Waals surface area contributed by atoms with Crippen LogP contribution in [-0.4, -0.2) is 18.7 Å². The molecular formula is C33H30N2O2S. The molecule has 0 saturated heterocycles. The average Bonchev–Trinajstić information content (AvgIpc) is 2.92. The Bertz CT molecular complexity index is 1640. The Morgan fingerprint density at radius 3 is 2.47 bits per heavy atom. The summed E-state index contributed by atoms with van der Waals surface area (Å²) in [5, 5.41) is 1.14. The van der Waals surface area contributed by atoms with E-state index in [1.807, 2.05) is 55.7 Å². The van der Waals surface area contributed by atoms with Gasteiger partial charge in [0, 0.05) is 28.9 Å². The molecule has 0 radical (unpaired) electrons. The Morgan fingerprint density at radius 1 is 0.947 bits per heavy atom. The molecule has 4 nitrogen and oxygen atoms in total. The highest BCUT2D eigenvalue weighted by Gasteiger charge is 2.12. The molecule has 1 atom stereocenters. The molecule has 5 rings (SSSR count). The molecule has 0 saturated carbocycles. The van der Waals surface area contributed by atoms with Gasteiger partial charge in [-0.2, -0.15) is 0 Å². The minimum atomic E-state index is -1.87. The third kappa shape index (κ3) is 5.80. The molecule has 5 heteroatoms. The van der Waals surface area contributed by atoms with E-state index in [4.69, 9.17) is 9.97 Å². The maximum atomic E-state index is 11.3. The van der Waals surface area contributed by atoms with E-state index in [0.717, 1.165) is 55.6 Å². The number of aromatic nitrogens is 2. The van der Waals surface area contributed by atoms with Gasteiger partial charge in [-0.1, -0.05) is 68.4 Å². The first kappa shape index (κ1) is 25.7. The molecule has 2 aromatic heterocycles. The van der Waals surface area contributed by atoms with Gasteiger partial charge in [-0.3, -0.25) is 9.97 Å². The maximum Gasteiger partial charge on any atom is 0.157 e. The van der Waals surface area contributed by atoms with E-state index < -0.39 is 11.1 Å². The van der Waals surface area contributed by atoms with Crippen molar-refractivity contribution in [3.05, 3.63) is 131 Å². The highest BCUT2D eigenvalue weighted by Crippen LogP contribution is 2.33. The van der Waals surface area contributed by atoms with Crippen molar-refractivity contribution in [2.24, 2.45) is 0 Å². The van der Waals surface area contributed by atoms with Crippen LogP contribution in [0.3, 0.4) is 0 Å². The molecule has 0 spiro atoms.